The molecule has 144 valence electrons. The van der Waals surface area contributed by atoms with Gasteiger partial charge in [-0.1, -0.05) is 18.5 Å². The van der Waals surface area contributed by atoms with Crippen molar-refractivity contribution < 1.29 is 13.2 Å². The van der Waals surface area contributed by atoms with Crippen LogP contribution >= 0.6 is 11.6 Å². The van der Waals surface area contributed by atoms with Crippen LogP contribution in [-0.2, 0) is 14.8 Å². The highest BCUT2D eigenvalue weighted by Crippen LogP contribution is 2.20. The summed E-state index contributed by atoms with van der Waals surface area (Å²) in [5.74, 6) is 0.853. The number of nitrogens with zero attached hydrogens (tertiary/aromatic N) is 3. The molecule has 2 saturated heterocycles. The van der Waals surface area contributed by atoms with Crippen LogP contribution in [0.5, 0.6) is 0 Å². The number of carbonyl (C=O) groups is 1. The SMILES string of the molecule is CC1CCN(C(=O)CN2CCN(S(=O)(=O)c3ccc(Cl)cc3)CC2)CC1. The van der Waals surface area contributed by atoms with E-state index in [4.69, 9.17) is 11.6 Å². The summed E-state index contributed by atoms with van der Waals surface area (Å²) in [7, 11) is -3.50. The van der Waals surface area contributed by atoms with Gasteiger partial charge in [-0.2, -0.15) is 4.31 Å². The fourth-order valence-corrected chi connectivity index (χ4v) is 4.98. The van der Waals surface area contributed by atoms with E-state index in [9.17, 15) is 13.2 Å². The van der Waals surface area contributed by atoms with Crippen molar-refractivity contribution in [3.8, 4) is 0 Å². The minimum Gasteiger partial charge on any atom is -0.342 e. The van der Waals surface area contributed by atoms with Crippen LogP contribution in [0, 0.1) is 5.92 Å². The van der Waals surface area contributed by atoms with E-state index >= 15 is 0 Å². The van der Waals surface area contributed by atoms with Crippen molar-refractivity contribution in [2.75, 3.05) is 45.8 Å². The summed E-state index contributed by atoms with van der Waals surface area (Å²) in [5.41, 5.74) is 0. The molecule has 1 amide bonds. The number of benzene rings is 1. The molecule has 0 N–H and O–H groups in total. The zero-order valence-electron chi connectivity index (χ0n) is 15.1. The van der Waals surface area contributed by atoms with Gasteiger partial charge in [0.1, 0.15) is 0 Å². The third-order valence-electron chi connectivity index (χ3n) is 5.28. The van der Waals surface area contributed by atoms with Crippen LogP contribution in [0.1, 0.15) is 19.8 Å². The highest BCUT2D eigenvalue weighted by Gasteiger charge is 2.30. The van der Waals surface area contributed by atoms with E-state index in [0.717, 1.165) is 25.9 Å². The first kappa shape index (κ1) is 19.6. The first-order valence-electron chi connectivity index (χ1n) is 9.12. The van der Waals surface area contributed by atoms with Gasteiger partial charge >= 0.3 is 0 Å². The fraction of sp³-hybridized carbons (Fsp3) is 0.611. The Morgan fingerprint density at radius 1 is 1.04 bits per heavy atom. The molecule has 0 saturated carbocycles. The topological polar surface area (TPSA) is 60.9 Å². The molecule has 26 heavy (non-hydrogen) atoms. The molecule has 0 aromatic heterocycles. The monoisotopic (exact) mass is 399 g/mol. The molecule has 8 heteroatoms. The molecule has 0 bridgehead atoms. The molecule has 2 aliphatic rings. The van der Waals surface area contributed by atoms with E-state index in [2.05, 4.69) is 6.92 Å². The number of hydrogen-bond donors (Lipinski definition) is 0. The van der Waals surface area contributed by atoms with Gasteiger partial charge in [0.2, 0.25) is 15.9 Å². The van der Waals surface area contributed by atoms with Crippen LogP contribution in [0.15, 0.2) is 29.2 Å². The molecule has 2 heterocycles. The number of halogens is 1. The van der Waals surface area contributed by atoms with E-state index in [1.165, 1.54) is 16.4 Å². The van der Waals surface area contributed by atoms with Crippen LogP contribution in [0.2, 0.25) is 5.02 Å². The van der Waals surface area contributed by atoms with Crippen molar-refractivity contribution in [2.24, 2.45) is 5.92 Å². The van der Waals surface area contributed by atoms with Crippen molar-refractivity contribution in [1.29, 1.82) is 0 Å². The number of rotatable bonds is 4. The maximum atomic E-state index is 12.7. The Kier molecular flexibility index (Phi) is 6.22. The Bertz CT molecular complexity index is 723. The van der Waals surface area contributed by atoms with Crippen molar-refractivity contribution in [3.05, 3.63) is 29.3 Å². The number of hydrogen-bond acceptors (Lipinski definition) is 4. The number of carbonyl (C=O) groups excluding carboxylic acids is 1. The van der Waals surface area contributed by atoms with E-state index in [1.807, 2.05) is 9.80 Å². The molecule has 2 aliphatic heterocycles. The molecule has 0 atom stereocenters. The first-order valence-corrected chi connectivity index (χ1v) is 10.9. The van der Waals surface area contributed by atoms with Crippen molar-refractivity contribution in [3.63, 3.8) is 0 Å². The van der Waals surface area contributed by atoms with Crippen LogP contribution in [0.3, 0.4) is 0 Å². The fourth-order valence-electron chi connectivity index (χ4n) is 3.43. The number of piperazine rings is 1. The summed E-state index contributed by atoms with van der Waals surface area (Å²) < 4.78 is 26.9. The van der Waals surface area contributed by atoms with Crippen molar-refractivity contribution >= 4 is 27.5 Å². The third-order valence-corrected chi connectivity index (χ3v) is 7.44. The van der Waals surface area contributed by atoms with E-state index in [-0.39, 0.29) is 10.8 Å². The van der Waals surface area contributed by atoms with Gasteiger partial charge in [-0.25, -0.2) is 8.42 Å². The minimum absolute atomic E-state index is 0.158. The van der Waals surface area contributed by atoms with Crippen LogP contribution in [0.4, 0.5) is 0 Å². The van der Waals surface area contributed by atoms with Gasteiger partial charge in [-0.05, 0) is 43.0 Å². The molecule has 3 rings (SSSR count). The van der Waals surface area contributed by atoms with Crippen LogP contribution in [0.25, 0.3) is 0 Å². The Balaban J connectivity index is 1.52. The van der Waals surface area contributed by atoms with Gasteiger partial charge < -0.3 is 4.90 Å². The predicted octanol–water partition coefficient (Wildman–Crippen LogP) is 1.90. The summed E-state index contributed by atoms with van der Waals surface area (Å²) in [6, 6.07) is 6.24. The molecule has 1 aromatic carbocycles. The lowest BCUT2D eigenvalue weighted by molar-refractivity contribution is -0.134. The second-order valence-electron chi connectivity index (χ2n) is 7.20. The second kappa shape index (κ2) is 8.25. The number of piperidine rings is 1. The molecular formula is C18H26ClN3O3S. The maximum absolute atomic E-state index is 12.7. The zero-order valence-corrected chi connectivity index (χ0v) is 16.7. The molecule has 0 unspecified atom stereocenters. The summed E-state index contributed by atoms with van der Waals surface area (Å²) in [6.45, 7) is 6.22. The molecule has 1 aromatic rings. The normalized spacial score (nSPS) is 21.1. The van der Waals surface area contributed by atoms with Crippen LogP contribution < -0.4 is 0 Å². The molecule has 6 nitrogen and oxygen atoms in total. The highest BCUT2D eigenvalue weighted by atomic mass is 35.5. The van der Waals surface area contributed by atoms with E-state index in [1.54, 1.807) is 12.1 Å². The first-order chi connectivity index (χ1) is 12.4. The van der Waals surface area contributed by atoms with Crippen molar-refractivity contribution in [2.45, 2.75) is 24.7 Å². The van der Waals surface area contributed by atoms with Crippen LogP contribution in [-0.4, -0.2) is 74.2 Å². The quantitative estimate of drug-likeness (QED) is 0.775. The average Bonchev–Trinajstić information content (AvgIpc) is 2.63. The standard InChI is InChI=1S/C18H26ClN3O3S/c1-15-6-8-21(9-7-15)18(23)14-20-10-12-22(13-11-20)26(24,25)17-4-2-16(19)3-5-17/h2-5,15H,6-14H2,1H3. The second-order valence-corrected chi connectivity index (χ2v) is 9.57. The lowest BCUT2D eigenvalue weighted by Crippen LogP contribution is -2.52. The summed E-state index contributed by atoms with van der Waals surface area (Å²) in [4.78, 5) is 16.7. The molecular weight excluding hydrogens is 374 g/mol. The smallest absolute Gasteiger partial charge is 0.243 e. The van der Waals surface area contributed by atoms with E-state index < -0.39 is 10.0 Å². The van der Waals surface area contributed by atoms with Gasteiger partial charge in [-0.15, -0.1) is 0 Å². The Morgan fingerprint density at radius 2 is 1.62 bits per heavy atom. The van der Waals surface area contributed by atoms with Gasteiger partial charge in [-0.3, -0.25) is 9.69 Å². The Hall–Kier alpha value is -1.15. The highest BCUT2D eigenvalue weighted by molar-refractivity contribution is 7.89. The summed E-state index contributed by atoms with van der Waals surface area (Å²) >= 11 is 5.84. The third kappa shape index (κ3) is 4.57. The van der Waals surface area contributed by atoms with E-state index in [0.29, 0.717) is 43.7 Å². The van der Waals surface area contributed by atoms with Gasteiger partial charge in [0.25, 0.3) is 0 Å². The largest absolute Gasteiger partial charge is 0.342 e. The summed E-state index contributed by atoms with van der Waals surface area (Å²) in [5, 5.41) is 0.513. The summed E-state index contributed by atoms with van der Waals surface area (Å²) in [6.07, 6.45) is 2.14. The lowest BCUT2D eigenvalue weighted by Gasteiger charge is -2.36. The molecule has 0 radical (unpaired) electrons. The predicted molar refractivity (Wildman–Crippen MR) is 102 cm³/mol. The zero-order chi connectivity index (χ0) is 18.7. The minimum atomic E-state index is -3.50. The van der Waals surface area contributed by atoms with Gasteiger partial charge in [0.15, 0.2) is 0 Å². The van der Waals surface area contributed by atoms with Gasteiger partial charge in [0, 0.05) is 44.3 Å². The Labute approximate surface area is 160 Å². The Morgan fingerprint density at radius 3 is 2.19 bits per heavy atom. The molecule has 2 fully saturated rings. The molecule has 0 aliphatic carbocycles. The number of sulfonamides is 1. The molecule has 0 spiro atoms. The van der Waals surface area contributed by atoms with Gasteiger partial charge in [0.05, 0.1) is 11.4 Å². The van der Waals surface area contributed by atoms with Crippen molar-refractivity contribution in [1.82, 2.24) is 14.1 Å². The number of amides is 1. The lowest BCUT2D eigenvalue weighted by atomic mass is 9.99. The number of likely N-dealkylation sites (tertiary alicyclic amines) is 1. The maximum Gasteiger partial charge on any atom is 0.243 e. The average molecular weight is 400 g/mol.